The van der Waals surface area contributed by atoms with Crippen LogP contribution in [0, 0.1) is 23.7 Å². The smallest absolute Gasteiger partial charge is 0.340 e. The zero-order valence-electron chi connectivity index (χ0n) is 22.6. The summed E-state index contributed by atoms with van der Waals surface area (Å²) in [6.45, 7) is 8.39. The van der Waals surface area contributed by atoms with E-state index in [1.54, 1.807) is 31.4 Å². The number of rotatable bonds is 7. The van der Waals surface area contributed by atoms with Crippen LogP contribution in [0.25, 0.3) is 11.1 Å². The first-order valence-electron chi connectivity index (χ1n) is 13.5. The number of carboxylic acid groups (broad SMARTS) is 1. The van der Waals surface area contributed by atoms with Crippen molar-refractivity contribution in [1.29, 1.82) is 0 Å². The monoisotopic (exact) mass is 523 g/mol. The van der Waals surface area contributed by atoms with E-state index in [1.807, 2.05) is 13.0 Å². The van der Waals surface area contributed by atoms with Crippen LogP contribution in [0.5, 0.6) is 0 Å². The fraction of sp³-hybridized carbons (Fsp3) is 0.552. The molecular weight excluding hydrogens is 486 g/mol. The molecule has 0 saturated carbocycles. The molecule has 9 nitrogen and oxygen atoms in total. The van der Waals surface area contributed by atoms with Crippen LogP contribution in [0.3, 0.4) is 0 Å². The second-order valence-corrected chi connectivity index (χ2v) is 11.1. The molecule has 0 radical (unpaired) electrons. The van der Waals surface area contributed by atoms with Gasteiger partial charge in [-0.2, -0.15) is 0 Å². The Bertz CT molecular complexity index is 1320. The number of fused-ring (bicyclic) bond motifs is 1. The highest BCUT2D eigenvalue weighted by atomic mass is 16.7. The van der Waals surface area contributed by atoms with E-state index in [0.29, 0.717) is 34.8 Å². The number of hydrogen-bond donors (Lipinski definition) is 3. The van der Waals surface area contributed by atoms with Crippen molar-refractivity contribution in [2.24, 2.45) is 23.7 Å². The molecule has 0 amide bonds. The molecule has 9 heteroatoms. The summed E-state index contributed by atoms with van der Waals surface area (Å²) in [6, 6.07) is 7.05. The number of aromatic amines is 1. The molecule has 1 aromatic carbocycles. The number of H-pyrrole nitrogens is 1. The van der Waals surface area contributed by atoms with Crippen LogP contribution in [0.15, 0.2) is 34.9 Å². The Morgan fingerprint density at radius 1 is 1.21 bits per heavy atom. The lowest BCUT2D eigenvalue weighted by atomic mass is 9.75. The quantitative estimate of drug-likeness (QED) is 0.345. The van der Waals surface area contributed by atoms with E-state index in [-0.39, 0.29) is 47.2 Å². The number of carbonyl (C=O) groups is 2. The third-order valence-electron chi connectivity index (χ3n) is 8.54. The highest BCUT2D eigenvalue weighted by Gasteiger charge is 2.52. The Balaban J connectivity index is 1.39. The Hall–Kier alpha value is -3.17. The summed E-state index contributed by atoms with van der Waals surface area (Å²) in [5.41, 5.74) is 1.93. The molecule has 0 aliphatic carbocycles. The minimum absolute atomic E-state index is 0.0407. The summed E-state index contributed by atoms with van der Waals surface area (Å²) in [7, 11) is 1.68. The Morgan fingerprint density at radius 2 is 2.00 bits per heavy atom. The van der Waals surface area contributed by atoms with Gasteiger partial charge in [-0.05, 0) is 48.9 Å². The fourth-order valence-electron chi connectivity index (χ4n) is 6.27. The van der Waals surface area contributed by atoms with Gasteiger partial charge in [-0.15, -0.1) is 0 Å². The number of anilines is 1. The van der Waals surface area contributed by atoms with Gasteiger partial charge in [0.05, 0.1) is 30.0 Å². The SMILES string of the molecule is CNc1ccc2oc(C[C@@H]3O[C@]4(CC[C@@H]3C)O[C@@H]([C@H](C)C(=O)c3ccc[nH]3)[C@@H](C)C[C@@H]4C)nc2c1C(=O)O. The van der Waals surface area contributed by atoms with Crippen LogP contribution in [0.4, 0.5) is 5.69 Å². The Labute approximate surface area is 222 Å². The normalized spacial score (nSPS) is 30.4. The second-order valence-electron chi connectivity index (χ2n) is 11.1. The van der Waals surface area contributed by atoms with Crippen molar-refractivity contribution in [3.8, 4) is 0 Å². The van der Waals surface area contributed by atoms with Gasteiger partial charge in [-0.3, -0.25) is 4.79 Å². The molecular formula is C29H37N3O6. The number of ketones is 1. The highest BCUT2D eigenvalue weighted by Crippen LogP contribution is 2.48. The van der Waals surface area contributed by atoms with Crippen LogP contribution in [-0.2, 0) is 15.9 Å². The van der Waals surface area contributed by atoms with E-state index in [4.69, 9.17) is 13.9 Å². The maximum absolute atomic E-state index is 13.1. The van der Waals surface area contributed by atoms with Crippen molar-refractivity contribution < 1.29 is 28.6 Å². The number of nitrogens with zero attached hydrogens (tertiary/aromatic N) is 1. The summed E-state index contributed by atoms with van der Waals surface area (Å²) < 4.78 is 19.6. The predicted molar refractivity (Wildman–Crippen MR) is 142 cm³/mol. The minimum Gasteiger partial charge on any atom is -0.478 e. The molecule has 0 bridgehead atoms. The van der Waals surface area contributed by atoms with Crippen molar-refractivity contribution in [2.45, 2.75) is 71.4 Å². The van der Waals surface area contributed by atoms with Gasteiger partial charge in [0.25, 0.3) is 0 Å². The summed E-state index contributed by atoms with van der Waals surface area (Å²) in [6.07, 6.45) is 4.22. The number of benzene rings is 1. The lowest BCUT2D eigenvalue weighted by Crippen LogP contribution is -2.58. The molecule has 3 aromatic rings. The zero-order valence-corrected chi connectivity index (χ0v) is 22.6. The first kappa shape index (κ1) is 26.4. The van der Waals surface area contributed by atoms with Crippen LogP contribution < -0.4 is 5.32 Å². The summed E-state index contributed by atoms with van der Waals surface area (Å²) >= 11 is 0. The number of carbonyl (C=O) groups excluding carboxylic acids is 1. The highest BCUT2D eigenvalue weighted by molar-refractivity contribution is 6.06. The molecule has 2 aromatic heterocycles. The number of Topliss-reactive ketones (excluding diaryl/α,β-unsaturated/α-hetero) is 1. The number of aromatic carboxylic acids is 1. The molecule has 2 saturated heterocycles. The van der Waals surface area contributed by atoms with Crippen molar-refractivity contribution in [1.82, 2.24) is 9.97 Å². The van der Waals surface area contributed by atoms with Crippen LogP contribution in [-0.4, -0.2) is 51.9 Å². The van der Waals surface area contributed by atoms with Gasteiger partial charge in [-0.25, -0.2) is 9.78 Å². The number of ether oxygens (including phenoxy) is 2. The van der Waals surface area contributed by atoms with Gasteiger partial charge < -0.3 is 29.3 Å². The third kappa shape index (κ3) is 4.62. The number of aromatic nitrogens is 2. The van der Waals surface area contributed by atoms with Crippen LogP contribution in [0.2, 0.25) is 0 Å². The largest absolute Gasteiger partial charge is 0.478 e. The molecule has 7 atom stereocenters. The maximum atomic E-state index is 13.1. The first-order valence-corrected chi connectivity index (χ1v) is 13.5. The molecule has 2 aliphatic rings. The van der Waals surface area contributed by atoms with Crippen molar-refractivity contribution >= 4 is 28.5 Å². The Morgan fingerprint density at radius 3 is 2.68 bits per heavy atom. The number of hydrogen-bond acceptors (Lipinski definition) is 7. The van der Waals surface area contributed by atoms with Crippen LogP contribution >= 0.6 is 0 Å². The summed E-state index contributed by atoms with van der Waals surface area (Å²) in [4.78, 5) is 32.7. The van der Waals surface area contributed by atoms with Gasteiger partial charge in [0.15, 0.2) is 23.0 Å². The standard InChI is InChI=1S/C29H37N3O6/c1-15-10-11-29(17(3)13-16(2)27(38-29)18(4)26(33)20-7-6-12-31-20)37-22(15)14-23-32-25-21(36-23)9-8-19(30-5)24(25)28(34)35/h6-9,12,15-18,22,27,30-31H,10-11,13-14H2,1-5H3,(H,34,35)/t15-,16-,17-,18+,22-,27+,29+/m0/s1. The Kier molecular flexibility index (Phi) is 7.09. The van der Waals surface area contributed by atoms with Gasteiger partial charge in [0.2, 0.25) is 0 Å². The summed E-state index contributed by atoms with van der Waals surface area (Å²) in [5, 5.41) is 12.7. The summed E-state index contributed by atoms with van der Waals surface area (Å²) in [5.74, 6) is -1.11. The first-order chi connectivity index (χ1) is 18.1. The lowest BCUT2D eigenvalue weighted by Gasteiger charge is -2.53. The fourth-order valence-corrected chi connectivity index (χ4v) is 6.27. The lowest BCUT2D eigenvalue weighted by molar-refractivity contribution is -0.355. The number of nitrogens with one attached hydrogen (secondary N) is 2. The molecule has 1 spiro atoms. The van der Waals surface area contributed by atoms with Gasteiger partial charge >= 0.3 is 5.97 Å². The van der Waals surface area contributed by atoms with Crippen molar-refractivity contribution in [3.63, 3.8) is 0 Å². The number of oxazole rings is 1. The molecule has 3 N–H and O–H groups in total. The van der Waals surface area contributed by atoms with Crippen molar-refractivity contribution in [3.05, 3.63) is 47.6 Å². The predicted octanol–water partition coefficient (Wildman–Crippen LogP) is 5.53. The number of carboxylic acids is 1. The average molecular weight is 524 g/mol. The van der Waals surface area contributed by atoms with E-state index in [1.165, 1.54) is 0 Å². The zero-order chi connectivity index (χ0) is 27.2. The molecule has 38 heavy (non-hydrogen) atoms. The molecule has 0 unspecified atom stereocenters. The van der Waals surface area contributed by atoms with Gasteiger partial charge in [-0.1, -0.05) is 27.7 Å². The molecule has 5 rings (SSSR count). The van der Waals surface area contributed by atoms with E-state index in [2.05, 4.69) is 36.1 Å². The topological polar surface area (TPSA) is 127 Å². The minimum atomic E-state index is -1.06. The molecule has 2 fully saturated rings. The van der Waals surface area contributed by atoms with Gasteiger partial charge in [0, 0.05) is 31.5 Å². The van der Waals surface area contributed by atoms with Crippen LogP contribution in [0.1, 0.15) is 73.7 Å². The average Bonchev–Trinajstić information content (AvgIpc) is 3.57. The van der Waals surface area contributed by atoms with E-state index in [0.717, 1.165) is 19.3 Å². The molecule has 4 heterocycles. The van der Waals surface area contributed by atoms with Gasteiger partial charge in [0.1, 0.15) is 11.1 Å². The second kappa shape index (κ2) is 10.2. The maximum Gasteiger partial charge on any atom is 0.340 e. The molecule has 2 aliphatic heterocycles. The van der Waals surface area contributed by atoms with E-state index >= 15 is 0 Å². The third-order valence-corrected chi connectivity index (χ3v) is 8.54. The van der Waals surface area contributed by atoms with E-state index < -0.39 is 11.8 Å². The molecule has 204 valence electrons. The van der Waals surface area contributed by atoms with E-state index in [9.17, 15) is 14.7 Å². The van der Waals surface area contributed by atoms with Crippen molar-refractivity contribution in [2.75, 3.05) is 12.4 Å².